The minimum atomic E-state index is -0.526. The molecule has 1 aliphatic heterocycles. The van der Waals surface area contributed by atoms with Gasteiger partial charge in [-0.15, -0.1) is 12.4 Å². The van der Waals surface area contributed by atoms with Gasteiger partial charge in [-0.1, -0.05) is 12.1 Å². The Morgan fingerprint density at radius 1 is 1.28 bits per heavy atom. The van der Waals surface area contributed by atoms with E-state index < -0.39 is 17.4 Å². The second-order valence-corrected chi connectivity index (χ2v) is 5.97. The molecule has 2 atom stereocenters. The van der Waals surface area contributed by atoms with Crippen molar-refractivity contribution in [3.63, 3.8) is 0 Å². The second-order valence-electron chi connectivity index (χ2n) is 5.97. The molecule has 1 fully saturated rings. The highest BCUT2D eigenvalue weighted by Crippen LogP contribution is 2.08. The number of nitrogens with zero attached hydrogens (tertiary/aromatic N) is 1. The number of rotatable bonds is 5. The number of benzene rings is 1. The van der Waals surface area contributed by atoms with E-state index in [1.807, 2.05) is 0 Å². The maximum absolute atomic E-state index is 12.0. The zero-order valence-electron chi connectivity index (χ0n) is 13.5. The topological polar surface area (TPSA) is 116 Å². The number of nitrogens with one attached hydrogen (secondary N) is 3. The highest BCUT2D eigenvalue weighted by Gasteiger charge is 2.24. The summed E-state index contributed by atoms with van der Waals surface area (Å²) in [4.78, 5) is 38.1. The Hall–Kier alpha value is -2.16. The predicted octanol–water partition coefficient (Wildman–Crippen LogP) is -0.802. The minimum absolute atomic E-state index is 0. The molecule has 1 saturated heterocycles. The number of aromatic nitrogens is 2. The van der Waals surface area contributed by atoms with Gasteiger partial charge in [-0.05, 0) is 12.1 Å². The monoisotopic (exact) mass is 368 g/mol. The van der Waals surface area contributed by atoms with Crippen LogP contribution in [0.5, 0.6) is 0 Å². The maximum Gasteiger partial charge on any atom is 0.328 e. The largest absolute Gasteiger partial charge is 0.391 e. The molecule has 2 unspecified atom stereocenters. The normalized spacial score (nSPS) is 19.6. The number of para-hydroxylation sites is 1. The van der Waals surface area contributed by atoms with E-state index in [1.54, 1.807) is 24.3 Å². The highest BCUT2D eigenvalue weighted by molar-refractivity contribution is 5.85. The number of hydrogen-bond acceptors (Lipinski definition) is 5. The van der Waals surface area contributed by atoms with Gasteiger partial charge < -0.3 is 15.7 Å². The van der Waals surface area contributed by atoms with Gasteiger partial charge in [-0.25, -0.2) is 4.79 Å². The summed E-state index contributed by atoms with van der Waals surface area (Å²) in [7, 11) is 0. The molecule has 0 radical (unpaired) electrons. The number of aliphatic hydroxyl groups is 1. The summed E-state index contributed by atoms with van der Waals surface area (Å²) in [5.74, 6) is -0.193. The average Bonchev–Trinajstić information content (AvgIpc) is 2.98. The van der Waals surface area contributed by atoms with Crippen molar-refractivity contribution in [2.75, 3.05) is 19.6 Å². The lowest BCUT2D eigenvalue weighted by Crippen LogP contribution is -2.36. The number of aromatic amines is 1. The van der Waals surface area contributed by atoms with Crippen LogP contribution in [0.1, 0.15) is 6.42 Å². The molecule has 1 aromatic carbocycles. The molecule has 9 heteroatoms. The first-order valence-electron chi connectivity index (χ1n) is 7.93. The Bertz CT molecular complexity index is 863. The summed E-state index contributed by atoms with van der Waals surface area (Å²) in [5.41, 5.74) is -0.449. The van der Waals surface area contributed by atoms with Gasteiger partial charge in [0.15, 0.2) is 0 Å². The zero-order valence-corrected chi connectivity index (χ0v) is 14.3. The average molecular weight is 369 g/mol. The molecule has 1 aromatic heterocycles. The fraction of sp³-hybridized carbons (Fsp3) is 0.438. The summed E-state index contributed by atoms with van der Waals surface area (Å²) in [6.45, 7) is 1.78. The number of amides is 1. The van der Waals surface area contributed by atoms with Crippen LogP contribution in [0.2, 0.25) is 0 Å². The molecule has 2 aromatic rings. The maximum atomic E-state index is 12.0. The quantitative estimate of drug-likeness (QED) is 0.551. The van der Waals surface area contributed by atoms with Gasteiger partial charge in [0.1, 0.15) is 0 Å². The molecular weight excluding hydrogens is 348 g/mol. The third-order valence-corrected chi connectivity index (χ3v) is 4.33. The summed E-state index contributed by atoms with van der Waals surface area (Å²) >= 11 is 0. The highest BCUT2D eigenvalue weighted by atomic mass is 35.5. The molecule has 25 heavy (non-hydrogen) atoms. The molecule has 4 N–H and O–H groups in total. The van der Waals surface area contributed by atoms with Crippen LogP contribution in [-0.2, 0) is 11.3 Å². The van der Waals surface area contributed by atoms with Gasteiger partial charge in [-0.2, -0.15) is 0 Å². The van der Waals surface area contributed by atoms with Gasteiger partial charge in [0.25, 0.3) is 5.56 Å². The molecule has 1 amide bonds. The van der Waals surface area contributed by atoms with E-state index in [2.05, 4.69) is 15.6 Å². The van der Waals surface area contributed by atoms with Crippen molar-refractivity contribution in [3.05, 3.63) is 45.1 Å². The lowest BCUT2D eigenvalue weighted by molar-refractivity contribution is -0.121. The van der Waals surface area contributed by atoms with Gasteiger partial charge in [0.2, 0.25) is 5.91 Å². The number of hydrogen-bond donors (Lipinski definition) is 4. The summed E-state index contributed by atoms with van der Waals surface area (Å²) in [6.07, 6.45) is -0.331. The number of fused-ring (bicyclic) bond motifs is 1. The molecule has 1 aliphatic rings. The van der Waals surface area contributed by atoms with E-state index in [0.29, 0.717) is 30.5 Å². The van der Waals surface area contributed by atoms with E-state index in [-0.39, 0.29) is 37.2 Å². The van der Waals surface area contributed by atoms with Crippen molar-refractivity contribution < 1.29 is 9.90 Å². The predicted molar refractivity (Wildman–Crippen MR) is 96.1 cm³/mol. The van der Waals surface area contributed by atoms with Crippen molar-refractivity contribution in [1.29, 1.82) is 0 Å². The summed E-state index contributed by atoms with van der Waals surface area (Å²) in [5, 5.41) is 15.9. The number of halogens is 1. The van der Waals surface area contributed by atoms with Gasteiger partial charge >= 0.3 is 5.69 Å². The Balaban J connectivity index is 0.00000225. The van der Waals surface area contributed by atoms with Crippen LogP contribution in [-0.4, -0.2) is 46.3 Å². The van der Waals surface area contributed by atoms with Crippen molar-refractivity contribution in [1.82, 2.24) is 20.2 Å². The Morgan fingerprint density at radius 3 is 2.76 bits per heavy atom. The fourth-order valence-corrected chi connectivity index (χ4v) is 2.94. The SMILES string of the molecule is Cl.O=C(CCn1c(=O)[nH]c(=O)c2ccccc21)NCC1CNCC1O. The van der Waals surface area contributed by atoms with E-state index in [9.17, 15) is 19.5 Å². The second kappa shape index (κ2) is 8.28. The standard InChI is InChI=1S/C16H20N4O4.ClH/c21-13-9-17-7-10(13)8-18-14(22)5-6-20-12-4-2-1-3-11(12)15(23)19-16(20)24;/h1-4,10,13,17,21H,5-9H2,(H,18,22)(H,19,23,24);1H. The third kappa shape index (κ3) is 4.28. The Kier molecular flexibility index (Phi) is 6.35. The Morgan fingerprint density at radius 2 is 2.04 bits per heavy atom. The van der Waals surface area contributed by atoms with Crippen LogP contribution < -0.4 is 21.9 Å². The van der Waals surface area contributed by atoms with Crippen molar-refractivity contribution in [2.24, 2.45) is 5.92 Å². The first-order valence-corrected chi connectivity index (χ1v) is 7.93. The molecule has 8 nitrogen and oxygen atoms in total. The lowest BCUT2D eigenvalue weighted by atomic mass is 10.1. The van der Waals surface area contributed by atoms with Crippen molar-refractivity contribution in [2.45, 2.75) is 19.1 Å². The van der Waals surface area contributed by atoms with E-state index in [1.165, 1.54) is 4.57 Å². The zero-order chi connectivity index (χ0) is 17.1. The number of β-amino-alcohol motifs (C(OH)–C–C–N with tert-alkyl or cyclic N) is 1. The number of aryl methyl sites for hydroxylation is 1. The van der Waals surface area contributed by atoms with Gasteiger partial charge in [0, 0.05) is 38.5 Å². The third-order valence-electron chi connectivity index (χ3n) is 4.33. The van der Waals surface area contributed by atoms with Crippen LogP contribution in [0.3, 0.4) is 0 Å². The number of aliphatic hydroxyl groups excluding tert-OH is 1. The molecular formula is C16H21ClN4O4. The van der Waals surface area contributed by atoms with E-state index in [4.69, 9.17) is 0 Å². The smallest absolute Gasteiger partial charge is 0.328 e. The van der Waals surface area contributed by atoms with Gasteiger partial charge in [0.05, 0.1) is 17.0 Å². The Labute approximate surface area is 149 Å². The first-order chi connectivity index (χ1) is 11.6. The van der Waals surface area contributed by atoms with E-state index in [0.717, 1.165) is 0 Å². The summed E-state index contributed by atoms with van der Waals surface area (Å²) in [6, 6.07) is 6.79. The molecule has 0 saturated carbocycles. The van der Waals surface area contributed by atoms with Crippen LogP contribution in [0.25, 0.3) is 10.9 Å². The minimum Gasteiger partial charge on any atom is -0.391 e. The summed E-state index contributed by atoms with van der Waals surface area (Å²) < 4.78 is 1.39. The number of carbonyl (C=O) groups is 1. The van der Waals surface area contributed by atoms with Gasteiger partial charge in [-0.3, -0.25) is 19.1 Å². The molecule has 0 bridgehead atoms. The molecule has 0 spiro atoms. The lowest BCUT2D eigenvalue weighted by Gasteiger charge is -2.14. The number of carbonyl (C=O) groups excluding carboxylic acids is 1. The molecule has 2 heterocycles. The fourth-order valence-electron chi connectivity index (χ4n) is 2.94. The first kappa shape index (κ1) is 19.2. The van der Waals surface area contributed by atoms with Crippen LogP contribution in [0.15, 0.2) is 33.9 Å². The van der Waals surface area contributed by atoms with Crippen LogP contribution >= 0.6 is 12.4 Å². The van der Waals surface area contributed by atoms with Crippen molar-refractivity contribution in [3.8, 4) is 0 Å². The van der Waals surface area contributed by atoms with Crippen LogP contribution in [0.4, 0.5) is 0 Å². The van der Waals surface area contributed by atoms with Crippen LogP contribution in [0, 0.1) is 5.92 Å². The molecule has 3 rings (SSSR count). The van der Waals surface area contributed by atoms with Crippen molar-refractivity contribution >= 4 is 29.2 Å². The number of H-pyrrole nitrogens is 1. The molecule has 0 aliphatic carbocycles. The van der Waals surface area contributed by atoms with E-state index >= 15 is 0 Å². The molecule has 136 valence electrons.